The number of ether oxygens (including phenoxy) is 1. The predicted molar refractivity (Wildman–Crippen MR) is 106 cm³/mol. The maximum Gasteiger partial charge on any atom is 0.251 e. The number of carbonyl (C=O) groups excluding carboxylic acids is 2. The molecule has 0 aliphatic carbocycles. The second-order valence-corrected chi connectivity index (χ2v) is 8.00. The van der Waals surface area contributed by atoms with Crippen LogP contribution in [-0.4, -0.2) is 82.9 Å². The van der Waals surface area contributed by atoms with Crippen molar-refractivity contribution in [2.75, 3.05) is 39.3 Å². The summed E-state index contributed by atoms with van der Waals surface area (Å²) in [6.45, 7) is 11.2. The second-order valence-electron chi connectivity index (χ2n) is 8.00. The fraction of sp³-hybridized carbons (Fsp3) is 0.750. The molecule has 0 unspecified atom stereocenters. The third-order valence-electron chi connectivity index (χ3n) is 5.50. The Kier molecular flexibility index (Phi) is 7.07. The van der Waals surface area contributed by atoms with Gasteiger partial charge in [-0.1, -0.05) is 0 Å². The average Bonchev–Trinajstić information content (AvgIpc) is 3.30. The number of rotatable bonds is 7. The molecule has 2 aliphatic heterocycles. The molecule has 3 rings (SSSR count). The predicted octanol–water partition coefficient (Wildman–Crippen LogP) is 0.718. The van der Waals surface area contributed by atoms with E-state index in [1.165, 1.54) is 0 Å². The summed E-state index contributed by atoms with van der Waals surface area (Å²) in [7, 11) is 0. The molecular weight excluding hydrogens is 358 g/mol. The zero-order chi connectivity index (χ0) is 20.1. The number of piperazine rings is 1. The van der Waals surface area contributed by atoms with E-state index in [0.29, 0.717) is 32.7 Å². The molecule has 156 valence electrons. The van der Waals surface area contributed by atoms with Crippen LogP contribution in [-0.2, 0) is 20.9 Å². The van der Waals surface area contributed by atoms with Gasteiger partial charge in [-0.2, -0.15) is 5.10 Å². The highest BCUT2D eigenvalue weighted by molar-refractivity contribution is 5.81. The number of aryl methyl sites for hydroxylation is 2. The third kappa shape index (κ3) is 5.54. The lowest BCUT2D eigenvalue weighted by Crippen LogP contribution is -2.51. The average molecular weight is 392 g/mol. The Bertz CT molecular complexity index is 675. The van der Waals surface area contributed by atoms with Gasteiger partial charge in [0.05, 0.1) is 12.2 Å². The van der Waals surface area contributed by atoms with Crippen LogP contribution in [0, 0.1) is 13.8 Å². The highest BCUT2D eigenvalue weighted by Crippen LogP contribution is 2.16. The first-order valence-corrected chi connectivity index (χ1v) is 10.4. The largest absolute Gasteiger partial charge is 0.368 e. The van der Waals surface area contributed by atoms with E-state index < -0.39 is 0 Å². The summed E-state index contributed by atoms with van der Waals surface area (Å²) < 4.78 is 7.43. The van der Waals surface area contributed by atoms with E-state index in [-0.39, 0.29) is 24.0 Å². The molecule has 2 fully saturated rings. The minimum Gasteiger partial charge on any atom is -0.368 e. The van der Waals surface area contributed by atoms with Crippen LogP contribution in [0.25, 0.3) is 0 Å². The van der Waals surface area contributed by atoms with Crippen LogP contribution in [0.5, 0.6) is 0 Å². The fourth-order valence-electron chi connectivity index (χ4n) is 3.94. The summed E-state index contributed by atoms with van der Waals surface area (Å²) in [4.78, 5) is 28.8. The maximum atomic E-state index is 12.4. The van der Waals surface area contributed by atoms with Gasteiger partial charge in [0, 0.05) is 57.5 Å². The van der Waals surface area contributed by atoms with Crippen molar-refractivity contribution in [3.8, 4) is 0 Å². The molecule has 2 aliphatic rings. The lowest BCUT2D eigenvalue weighted by atomic mass is 10.2. The molecule has 0 spiro atoms. The Morgan fingerprint density at radius 1 is 1.29 bits per heavy atom. The quantitative estimate of drug-likeness (QED) is 0.741. The Balaban J connectivity index is 1.34. The minimum absolute atomic E-state index is 0.0337. The van der Waals surface area contributed by atoms with Gasteiger partial charge in [0.2, 0.25) is 5.91 Å². The molecule has 2 atom stereocenters. The summed E-state index contributed by atoms with van der Waals surface area (Å²) in [6.07, 6.45) is 2.06. The van der Waals surface area contributed by atoms with Crippen molar-refractivity contribution in [1.29, 1.82) is 0 Å². The smallest absolute Gasteiger partial charge is 0.251 e. The van der Waals surface area contributed by atoms with Gasteiger partial charge < -0.3 is 15.0 Å². The van der Waals surface area contributed by atoms with Gasteiger partial charge in [-0.15, -0.1) is 0 Å². The monoisotopic (exact) mass is 391 g/mol. The van der Waals surface area contributed by atoms with Crippen LogP contribution in [0.15, 0.2) is 6.07 Å². The molecule has 28 heavy (non-hydrogen) atoms. The van der Waals surface area contributed by atoms with Gasteiger partial charge in [-0.3, -0.25) is 19.2 Å². The molecule has 1 aromatic heterocycles. The Labute approximate surface area is 167 Å². The topological polar surface area (TPSA) is 79.7 Å². The summed E-state index contributed by atoms with van der Waals surface area (Å²) in [5, 5.41) is 7.50. The third-order valence-corrected chi connectivity index (χ3v) is 5.50. The number of nitrogens with one attached hydrogen (secondary N) is 1. The number of hydrogen-bond acceptors (Lipinski definition) is 5. The van der Waals surface area contributed by atoms with Gasteiger partial charge in [-0.25, -0.2) is 0 Å². The van der Waals surface area contributed by atoms with Crippen LogP contribution in [0.1, 0.15) is 37.6 Å². The molecule has 2 saturated heterocycles. The van der Waals surface area contributed by atoms with Crippen LogP contribution in [0.2, 0.25) is 0 Å². The van der Waals surface area contributed by atoms with Crippen molar-refractivity contribution >= 4 is 11.8 Å². The number of amides is 2. The standard InChI is InChI=1S/C20H33N5O3/c1-15-13-17(3)25(22-15)14-16(2)21-19(26)6-7-23-8-10-24(11-9-23)20(27)18-5-4-12-28-18/h13,16,18H,4-12,14H2,1-3H3,(H,21,26)/t16-,18-/m1/s1. The molecular formula is C20H33N5O3. The van der Waals surface area contributed by atoms with Crippen molar-refractivity contribution in [2.24, 2.45) is 0 Å². The molecule has 0 aromatic carbocycles. The van der Waals surface area contributed by atoms with E-state index in [9.17, 15) is 9.59 Å². The summed E-state index contributed by atoms with van der Waals surface area (Å²) in [6, 6.07) is 2.07. The lowest BCUT2D eigenvalue weighted by Gasteiger charge is -2.35. The van der Waals surface area contributed by atoms with Gasteiger partial charge in [0.15, 0.2) is 0 Å². The molecule has 1 aromatic rings. The van der Waals surface area contributed by atoms with Crippen molar-refractivity contribution in [3.05, 3.63) is 17.5 Å². The second kappa shape index (κ2) is 9.52. The molecule has 3 heterocycles. The first-order valence-electron chi connectivity index (χ1n) is 10.4. The number of nitrogens with zero attached hydrogens (tertiary/aromatic N) is 4. The van der Waals surface area contributed by atoms with Gasteiger partial charge in [-0.05, 0) is 39.7 Å². The van der Waals surface area contributed by atoms with Crippen LogP contribution in [0.3, 0.4) is 0 Å². The summed E-state index contributed by atoms with van der Waals surface area (Å²) >= 11 is 0. The van der Waals surface area contributed by atoms with Gasteiger partial charge in [0.1, 0.15) is 6.10 Å². The molecule has 0 saturated carbocycles. The number of carbonyl (C=O) groups is 2. The maximum absolute atomic E-state index is 12.4. The van der Waals surface area contributed by atoms with E-state index in [2.05, 4.69) is 15.3 Å². The van der Waals surface area contributed by atoms with E-state index in [0.717, 1.165) is 43.9 Å². The zero-order valence-electron chi connectivity index (χ0n) is 17.3. The Morgan fingerprint density at radius 2 is 2.04 bits per heavy atom. The molecule has 0 bridgehead atoms. The van der Waals surface area contributed by atoms with Crippen molar-refractivity contribution < 1.29 is 14.3 Å². The number of aromatic nitrogens is 2. The van der Waals surface area contributed by atoms with E-state index in [4.69, 9.17) is 4.74 Å². The molecule has 0 radical (unpaired) electrons. The fourth-order valence-corrected chi connectivity index (χ4v) is 3.94. The SMILES string of the molecule is Cc1cc(C)n(C[C@@H](C)NC(=O)CCN2CCN(C(=O)[C@H]3CCCO3)CC2)n1. The van der Waals surface area contributed by atoms with Gasteiger partial charge >= 0.3 is 0 Å². The molecule has 8 nitrogen and oxygen atoms in total. The molecule has 2 amide bonds. The van der Waals surface area contributed by atoms with E-state index in [1.54, 1.807) is 0 Å². The lowest BCUT2D eigenvalue weighted by molar-refractivity contribution is -0.142. The first kappa shape index (κ1) is 20.8. The summed E-state index contributed by atoms with van der Waals surface area (Å²) in [5.41, 5.74) is 2.10. The van der Waals surface area contributed by atoms with Crippen molar-refractivity contribution in [3.63, 3.8) is 0 Å². The normalized spacial score (nSPS) is 21.7. The van der Waals surface area contributed by atoms with Crippen molar-refractivity contribution in [1.82, 2.24) is 24.9 Å². The van der Waals surface area contributed by atoms with Crippen molar-refractivity contribution in [2.45, 2.75) is 58.7 Å². The highest BCUT2D eigenvalue weighted by Gasteiger charge is 2.30. The van der Waals surface area contributed by atoms with Crippen LogP contribution >= 0.6 is 0 Å². The Hall–Kier alpha value is -1.93. The van der Waals surface area contributed by atoms with E-state index in [1.807, 2.05) is 36.4 Å². The first-order chi connectivity index (χ1) is 13.4. The highest BCUT2D eigenvalue weighted by atomic mass is 16.5. The Morgan fingerprint density at radius 3 is 2.64 bits per heavy atom. The summed E-state index contributed by atoms with van der Waals surface area (Å²) in [5.74, 6) is 0.194. The van der Waals surface area contributed by atoms with Crippen LogP contribution < -0.4 is 5.32 Å². The van der Waals surface area contributed by atoms with E-state index >= 15 is 0 Å². The van der Waals surface area contributed by atoms with Crippen LogP contribution in [0.4, 0.5) is 0 Å². The zero-order valence-corrected chi connectivity index (χ0v) is 17.3. The van der Waals surface area contributed by atoms with Gasteiger partial charge in [0.25, 0.3) is 5.91 Å². The minimum atomic E-state index is -0.235. The molecule has 8 heteroatoms. The molecule has 1 N–H and O–H groups in total. The number of hydrogen-bond donors (Lipinski definition) is 1.